The lowest BCUT2D eigenvalue weighted by Gasteiger charge is -2.36. The lowest BCUT2D eigenvalue weighted by molar-refractivity contribution is -0.125. The van der Waals surface area contributed by atoms with E-state index in [0.717, 1.165) is 6.42 Å². The van der Waals surface area contributed by atoms with E-state index < -0.39 is 5.54 Å². The van der Waals surface area contributed by atoms with Crippen LogP contribution in [0.3, 0.4) is 0 Å². The standard InChI is InChI=1S/C14H28N2O3/c1-13(2,3)9-11(15)8-12(18)16-14(10-17)4-6-19-7-5-14/h11,17H,4-10,15H2,1-3H3,(H,16,18). The van der Waals surface area contributed by atoms with Crippen molar-refractivity contribution >= 4 is 5.91 Å². The summed E-state index contributed by atoms with van der Waals surface area (Å²) in [5.41, 5.74) is 5.60. The van der Waals surface area contributed by atoms with Gasteiger partial charge in [-0.25, -0.2) is 0 Å². The molecule has 1 aliphatic heterocycles. The first-order chi connectivity index (χ1) is 8.76. The van der Waals surface area contributed by atoms with Crippen LogP contribution in [0.4, 0.5) is 0 Å². The maximum Gasteiger partial charge on any atom is 0.222 e. The predicted octanol–water partition coefficient (Wildman–Crippen LogP) is 0.798. The summed E-state index contributed by atoms with van der Waals surface area (Å²) in [6, 6.07) is -0.143. The molecule has 0 spiro atoms. The van der Waals surface area contributed by atoms with Crippen LogP contribution in [0.2, 0.25) is 0 Å². The second kappa shape index (κ2) is 6.68. The summed E-state index contributed by atoms with van der Waals surface area (Å²) < 4.78 is 5.27. The van der Waals surface area contributed by atoms with Crippen molar-refractivity contribution in [1.82, 2.24) is 5.32 Å². The number of aliphatic hydroxyl groups is 1. The van der Waals surface area contributed by atoms with E-state index in [0.29, 0.717) is 32.5 Å². The van der Waals surface area contributed by atoms with E-state index >= 15 is 0 Å². The highest BCUT2D eigenvalue weighted by Crippen LogP contribution is 2.23. The molecule has 0 aliphatic carbocycles. The molecule has 0 aromatic rings. The molecule has 5 nitrogen and oxygen atoms in total. The van der Waals surface area contributed by atoms with E-state index in [9.17, 15) is 9.90 Å². The van der Waals surface area contributed by atoms with E-state index in [1.165, 1.54) is 0 Å². The van der Waals surface area contributed by atoms with Gasteiger partial charge in [-0.05, 0) is 24.7 Å². The molecule has 0 radical (unpaired) electrons. The number of aliphatic hydroxyl groups excluding tert-OH is 1. The maximum absolute atomic E-state index is 12.0. The van der Waals surface area contributed by atoms with Crippen LogP contribution in [-0.4, -0.2) is 42.4 Å². The molecule has 0 aromatic heterocycles. The Kier molecular flexibility index (Phi) is 5.77. The van der Waals surface area contributed by atoms with E-state index in [2.05, 4.69) is 26.1 Å². The van der Waals surface area contributed by atoms with Crippen LogP contribution in [0.15, 0.2) is 0 Å². The van der Waals surface area contributed by atoms with Crippen molar-refractivity contribution in [2.45, 2.75) is 58.0 Å². The van der Waals surface area contributed by atoms with Crippen LogP contribution >= 0.6 is 0 Å². The van der Waals surface area contributed by atoms with E-state index in [1.807, 2.05) is 0 Å². The molecule has 4 N–H and O–H groups in total. The lowest BCUT2D eigenvalue weighted by Crippen LogP contribution is -2.55. The van der Waals surface area contributed by atoms with Crippen molar-refractivity contribution < 1.29 is 14.6 Å². The third-order valence-corrected chi connectivity index (χ3v) is 3.48. The predicted molar refractivity (Wildman–Crippen MR) is 74.7 cm³/mol. The second-order valence-electron chi connectivity index (χ2n) is 6.83. The number of ether oxygens (including phenoxy) is 1. The van der Waals surface area contributed by atoms with Gasteiger partial charge in [0.1, 0.15) is 0 Å². The van der Waals surface area contributed by atoms with Crippen molar-refractivity contribution in [3.8, 4) is 0 Å². The molecule has 1 aliphatic rings. The molecular formula is C14H28N2O3. The van der Waals surface area contributed by atoms with Crippen LogP contribution in [0.5, 0.6) is 0 Å². The number of hydrogen-bond donors (Lipinski definition) is 3. The summed E-state index contributed by atoms with van der Waals surface area (Å²) in [5.74, 6) is -0.0762. The topological polar surface area (TPSA) is 84.6 Å². The highest BCUT2D eigenvalue weighted by molar-refractivity contribution is 5.77. The quantitative estimate of drug-likeness (QED) is 0.691. The number of rotatable bonds is 5. The van der Waals surface area contributed by atoms with Gasteiger partial charge in [0.05, 0.1) is 12.1 Å². The number of carbonyl (C=O) groups is 1. The molecular weight excluding hydrogens is 244 g/mol. The maximum atomic E-state index is 12.0. The smallest absolute Gasteiger partial charge is 0.222 e. The largest absolute Gasteiger partial charge is 0.394 e. The highest BCUT2D eigenvalue weighted by Gasteiger charge is 2.33. The van der Waals surface area contributed by atoms with Gasteiger partial charge >= 0.3 is 0 Å². The number of amides is 1. The lowest BCUT2D eigenvalue weighted by atomic mass is 9.86. The second-order valence-corrected chi connectivity index (χ2v) is 6.83. The van der Waals surface area contributed by atoms with Gasteiger partial charge in [-0.15, -0.1) is 0 Å². The number of nitrogens with one attached hydrogen (secondary N) is 1. The minimum absolute atomic E-state index is 0.0450. The Morgan fingerprint density at radius 3 is 2.47 bits per heavy atom. The molecule has 112 valence electrons. The number of carbonyl (C=O) groups excluding carboxylic acids is 1. The first-order valence-electron chi connectivity index (χ1n) is 7.02. The summed E-state index contributed by atoms with van der Waals surface area (Å²) in [6.45, 7) is 7.44. The Labute approximate surface area is 115 Å². The fraction of sp³-hybridized carbons (Fsp3) is 0.929. The summed E-state index contributed by atoms with van der Waals surface area (Å²) in [7, 11) is 0. The van der Waals surface area contributed by atoms with Crippen molar-refractivity contribution in [2.75, 3.05) is 19.8 Å². The van der Waals surface area contributed by atoms with E-state index in [1.54, 1.807) is 0 Å². The first-order valence-corrected chi connectivity index (χ1v) is 7.02. The zero-order valence-corrected chi connectivity index (χ0v) is 12.4. The third-order valence-electron chi connectivity index (χ3n) is 3.48. The van der Waals surface area contributed by atoms with Crippen molar-refractivity contribution in [3.05, 3.63) is 0 Å². The van der Waals surface area contributed by atoms with Gasteiger partial charge in [0, 0.05) is 25.7 Å². The molecule has 19 heavy (non-hydrogen) atoms. The molecule has 1 saturated heterocycles. The molecule has 1 fully saturated rings. The average molecular weight is 272 g/mol. The fourth-order valence-electron chi connectivity index (χ4n) is 2.53. The van der Waals surface area contributed by atoms with Crippen LogP contribution in [-0.2, 0) is 9.53 Å². The zero-order chi connectivity index (χ0) is 14.5. The molecule has 1 rings (SSSR count). The van der Waals surface area contributed by atoms with Gasteiger partial charge in [-0.1, -0.05) is 20.8 Å². The van der Waals surface area contributed by atoms with Gasteiger partial charge in [0.25, 0.3) is 0 Å². The highest BCUT2D eigenvalue weighted by atomic mass is 16.5. The Bertz CT molecular complexity index is 294. The van der Waals surface area contributed by atoms with Crippen molar-refractivity contribution in [1.29, 1.82) is 0 Å². The van der Waals surface area contributed by atoms with Crippen LogP contribution in [0, 0.1) is 5.41 Å². The third kappa shape index (κ3) is 5.89. The SMILES string of the molecule is CC(C)(C)CC(N)CC(=O)NC1(CO)CCOCC1. The van der Waals surface area contributed by atoms with Crippen LogP contribution in [0.25, 0.3) is 0 Å². The van der Waals surface area contributed by atoms with Crippen molar-refractivity contribution in [2.24, 2.45) is 11.1 Å². The summed E-state index contributed by atoms with van der Waals surface area (Å²) in [6.07, 6.45) is 2.42. The van der Waals surface area contributed by atoms with E-state index in [4.69, 9.17) is 10.5 Å². The number of hydrogen-bond acceptors (Lipinski definition) is 4. The average Bonchev–Trinajstić information content (AvgIpc) is 2.27. The molecule has 1 heterocycles. The van der Waals surface area contributed by atoms with Gasteiger partial charge in [-0.3, -0.25) is 4.79 Å². The van der Waals surface area contributed by atoms with Crippen LogP contribution in [0.1, 0.15) is 46.5 Å². The minimum atomic E-state index is -0.517. The zero-order valence-electron chi connectivity index (χ0n) is 12.4. The molecule has 1 atom stereocenters. The molecule has 0 saturated carbocycles. The van der Waals surface area contributed by atoms with Gasteiger partial charge < -0.3 is 20.9 Å². The van der Waals surface area contributed by atoms with Crippen molar-refractivity contribution in [3.63, 3.8) is 0 Å². The Balaban J connectivity index is 2.45. The Hall–Kier alpha value is -0.650. The van der Waals surface area contributed by atoms with Gasteiger partial charge in [-0.2, -0.15) is 0 Å². The molecule has 0 bridgehead atoms. The Morgan fingerprint density at radius 1 is 1.42 bits per heavy atom. The summed E-state index contributed by atoms with van der Waals surface area (Å²) in [4.78, 5) is 12.0. The van der Waals surface area contributed by atoms with Gasteiger partial charge in [0.2, 0.25) is 5.91 Å². The summed E-state index contributed by atoms with van der Waals surface area (Å²) in [5, 5.41) is 12.5. The molecule has 1 unspecified atom stereocenters. The minimum Gasteiger partial charge on any atom is -0.394 e. The molecule has 5 heteroatoms. The molecule has 1 amide bonds. The Morgan fingerprint density at radius 2 is 2.00 bits per heavy atom. The van der Waals surface area contributed by atoms with E-state index in [-0.39, 0.29) is 24.0 Å². The van der Waals surface area contributed by atoms with Gasteiger partial charge in [0.15, 0.2) is 0 Å². The summed E-state index contributed by atoms with van der Waals surface area (Å²) >= 11 is 0. The molecule has 0 aromatic carbocycles. The normalized spacial score (nSPS) is 20.9. The fourth-order valence-corrected chi connectivity index (χ4v) is 2.53. The van der Waals surface area contributed by atoms with Crippen LogP contribution < -0.4 is 11.1 Å². The first kappa shape index (κ1) is 16.4. The monoisotopic (exact) mass is 272 g/mol. The number of nitrogens with two attached hydrogens (primary N) is 1.